The second kappa shape index (κ2) is 4.79. The summed E-state index contributed by atoms with van der Waals surface area (Å²) in [6.45, 7) is 3.35. The van der Waals surface area contributed by atoms with E-state index in [1.165, 1.54) is 0 Å². The summed E-state index contributed by atoms with van der Waals surface area (Å²) in [6.07, 6.45) is 5.35. The number of rotatable bonds is 3. The van der Waals surface area contributed by atoms with Crippen molar-refractivity contribution in [2.75, 3.05) is 7.05 Å². The maximum absolute atomic E-state index is 10.6. The molecule has 0 aliphatic carbocycles. The lowest BCUT2D eigenvalue weighted by atomic mass is 10.2. The summed E-state index contributed by atoms with van der Waals surface area (Å²) in [4.78, 5) is 10.6. The van der Waals surface area contributed by atoms with Crippen LogP contribution in [0, 0.1) is 0 Å². The fourth-order valence-corrected chi connectivity index (χ4v) is 0.406. The maximum atomic E-state index is 10.6. The Hall–Kier alpha value is -1.05. The highest BCUT2D eigenvalue weighted by Crippen LogP contribution is 1.92. The highest BCUT2D eigenvalue weighted by Gasteiger charge is 1.90. The van der Waals surface area contributed by atoms with Gasteiger partial charge in [0.05, 0.1) is 0 Å². The van der Waals surface area contributed by atoms with Gasteiger partial charge in [-0.3, -0.25) is 4.79 Å². The zero-order chi connectivity index (χ0) is 7.98. The minimum atomic E-state index is 0.112. The zero-order valence-electron chi connectivity index (χ0n) is 6.64. The molecular weight excluding hydrogens is 126 g/mol. The first-order valence-corrected chi connectivity index (χ1v) is 3.20. The minimum absolute atomic E-state index is 0.112. The van der Waals surface area contributed by atoms with E-state index in [1.54, 1.807) is 32.2 Å². The van der Waals surface area contributed by atoms with E-state index in [-0.39, 0.29) is 5.78 Å². The molecule has 0 bridgehead atoms. The first kappa shape index (κ1) is 8.95. The summed E-state index contributed by atoms with van der Waals surface area (Å²) in [7, 11) is 1.81. The standard InChI is InChI=1S/C8H13NO/c1-7(8(2)10)5-4-6-9-3/h4-6,9H,1-3H3/b6-4-,7-5+. The van der Waals surface area contributed by atoms with Crippen molar-refractivity contribution in [2.24, 2.45) is 0 Å². The Kier molecular flexibility index (Phi) is 4.29. The number of ketones is 1. The molecule has 10 heavy (non-hydrogen) atoms. The third-order valence-corrected chi connectivity index (χ3v) is 1.16. The summed E-state index contributed by atoms with van der Waals surface area (Å²) in [6, 6.07) is 0. The summed E-state index contributed by atoms with van der Waals surface area (Å²) in [5.41, 5.74) is 0.770. The van der Waals surface area contributed by atoms with Crippen molar-refractivity contribution in [3.63, 3.8) is 0 Å². The molecule has 0 radical (unpaired) electrons. The Morgan fingerprint density at radius 1 is 1.40 bits per heavy atom. The molecule has 2 nitrogen and oxygen atoms in total. The minimum Gasteiger partial charge on any atom is -0.394 e. The molecule has 0 heterocycles. The topological polar surface area (TPSA) is 29.1 Å². The van der Waals surface area contributed by atoms with E-state index in [0.29, 0.717) is 0 Å². The molecule has 0 aromatic rings. The molecule has 0 saturated heterocycles. The third-order valence-electron chi connectivity index (χ3n) is 1.16. The quantitative estimate of drug-likeness (QED) is 0.471. The van der Waals surface area contributed by atoms with Crippen LogP contribution in [0.3, 0.4) is 0 Å². The van der Waals surface area contributed by atoms with Gasteiger partial charge in [0.1, 0.15) is 0 Å². The van der Waals surface area contributed by atoms with Gasteiger partial charge in [-0.15, -0.1) is 0 Å². The Balaban J connectivity index is 3.92. The molecule has 56 valence electrons. The van der Waals surface area contributed by atoms with E-state index in [2.05, 4.69) is 5.32 Å². The van der Waals surface area contributed by atoms with E-state index < -0.39 is 0 Å². The first-order chi connectivity index (χ1) is 4.68. The summed E-state index contributed by atoms with van der Waals surface area (Å²) >= 11 is 0. The van der Waals surface area contributed by atoms with Crippen LogP contribution in [0.25, 0.3) is 0 Å². The highest BCUT2D eigenvalue weighted by atomic mass is 16.1. The summed E-state index contributed by atoms with van der Waals surface area (Å²) < 4.78 is 0. The van der Waals surface area contributed by atoms with Crippen molar-refractivity contribution in [3.05, 3.63) is 23.9 Å². The van der Waals surface area contributed by atoms with E-state index in [1.807, 2.05) is 7.05 Å². The molecule has 0 unspecified atom stereocenters. The lowest BCUT2D eigenvalue weighted by Crippen LogP contribution is -1.92. The number of nitrogens with one attached hydrogen (secondary N) is 1. The Bertz CT molecular complexity index is 168. The fraction of sp³-hybridized carbons (Fsp3) is 0.375. The van der Waals surface area contributed by atoms with E-state index in [9.17, 15) is 4.79 Å². The molecule has 0 aliphatic rings. The number of allylic oxidation sites excluding steroid dienone is 3. The normalized spacial score (nSPS) is 12.1. The lowest BCUT2D eigenvalue weighted by Gasteiger charge is -1.88. The SMILES string of the molecule is CN/C=C\C=C(/C)C(C)=O. The molecule has 0 rings (SSSR count). The predicted octanol–water partition coefficient (Wildman–Crippen LogP) is 1.25. The predicted molar refractivity (Wildman–Crippen MR) is 42.6 cm³/mol. The molecule has 2 heteroatoms. The van der Waals surface area contributed by atoms with Crippen LogP contribution in [-0.4, -0.2) is 12.8 Å². The van der Waals surface area contributed by atoms with Crippen LogP contribution >= 0.6 is 0 Å². The van der Waals surface area contributed by atoms with Crippen molar-refractivity contribution in [2.45, 2.75) is 13.8 Å². The molecule has 0 amide bonds. The van der Waals surface area contributed by atoms with E-state index >= 15 is 0 Å². The third kappa shape index (κ3) is 3.89. The number of carbonyl (C=O) groups excluding carboxylic acids is 1. The van der Waals surface area contributed by atoms with Crippen LogP contribution in [0.4, 0.5) is 0 Å². The summed E-state index contributed by atoms with van der Waals surface area (Å²) in [5.74, 6) is 0.112. The van der Waals surface area contributed by atoms with Crippen molar-refractivity contribution in [1.29, 1.82) is 0 Å². The van der Waals surface area contributed by atoms with Gasteiger partial charge >= 0.3 is 0 Å². The van der Waals surface area contributed by atoms with E-state index in [4.69, 9.17) is 0 Å². The number of hydrogen-bond donors (Lipinski definition) is 1. The van der Waals surface area contributed by atoms with Gasteiger partial charge in [0.15, 0.2) is 5.78 Å². The number of hydrogen-bond acceptors (Lipinski definition) is 2. The molecule has 0 aromatic heterocycles. The molecule has 0 fully saturated rings. The first-order valence-electron chi connectivity index (χ1n) is 3.20. The molecule has 0 saturated carbocycles. The van der Waals surface area contributed by atoms with Gasteiger partial charge in [0.25, 0.3) is 0 Å². The molecular formula is C8H13NO. The maximum Gasteiger partial charge on any atom is 0.155 e. The Morgan fingerprint density at radius 3 is 2.40 bits per heavy atom. The monoisotopic (exact) mass is 139 g/mol. The zero-order valence-corrected chi connectivity index (χ0v) is 6.64. The average molecular weight is 139 g/mol. The van der Waals surface area contributed by atoms with Crippen LogP contribution in [0.1, 0.15) is 13.8 Å². The Labute approximate surface area is 61.6 Å². The van der Waals surface area contributed by atoms with Crippen molar-refractivity contribution in [3.8, 4) is 0 Å². The van der Waals surface area contributed by atoms with Gasteiger partial charge in [-0.25, -0.2) is 0 Å². The Morgan fingerprint density at radius 2 is 2.00 bits per heavy atom. The van der Waals surface area contributed by atoms with Crippen LogP contribution < -0.4 is 5.32 Å². The smallest absolute Gasteiger partial charge is 0.155 e. The average Bonchev–Trinajstić information content (AvgIpc) is 1.88. The van der Waals surface area contributed by atoms with Gasteiger partial charge in [-0.1, -0.05) is 6.08 Å². The molecule has 0 aromatic carbocycles. The molecule has 0 aliphatic heterocycles. The van der Waals surface area contributed by atoms with Crippen LogP contribution in [0.5, 0.6) is 0 Å². The van der Waals surface area contributed by atoms with Gasteiger partial charge in [0.2, 0.25) is 0 Å². The number of Topliss-reactive ketones (excluding diaryl/α,β-unsaturated/α-hetero) is 1. The van der Waals surface area contributed by atoms with E-state index in [0.717, 1.165) is 5.57 Å². The van der Waals surface area contributed by atoms with Crippen molar-refractivity contribution in [1.82, 2.24) is 5.32 Å². The fourth-order valence-electron chi connectivity index (χ4n) is 0.406. The second-order valence-corrected chi connectivity index (χ2v) is 2.05. The second-order valence-electron chi connectivity index (χ2n) is 2.05. The van der Waals surface area contributed by atoms with Crippen LogP contribution in [0.15, 0.2) is 23.9 Å². The van der Waals surface area contributed by atoms with Crippen molar-refractivity contribution < 1.29 is 4.79 Å². The van der Waals surface area contributed by atoms with Crippen LogP contribution in [-0.2, 0) is 4.79 Å². The number of carbonyl (C=O) groups is 1. The molecule has 0 spiro atoms. The van der Waals surface area contributed by atoms with Gasteiger partial charge in [-0.2, -0.15) is 0 Å². The lowest BCUT2D eigenvalue weighted by molar-refractivity contribution is -0.113. The molecule has 1 N–H and O–H groups in total. The van der Waals surface area contributed by atoms with Gasteiger partial charge in [-0.05, 0) is 31.7 Å². The van der Waals surface area contributed by atoms with Crippen LogP contribution in [0.2, 0.25) is 0 Å². The van der Waals surface area contributed by atoms with Crippen molar-refractivity contribution >= 4 is 5.78 Å². The highest BCUT2D eigenvalue weighted by molar-refractivity contribution is 5.92. The van der Waals surface area contributed by atoms with Gasteiger partial charge in [0, 0.05) is 7.05 Å². The van der Waals surface area contributed by atoms with Gasteiger partial charge < -0.3 is 5.32 Å². The largest absolute Gasteiger partial charge is 0.394 e. The molecule has 0 atom stereocenters. The summed E-state index contributed by atoms with van der Waals surface area (Å²) in [5, 5.41) is 2.83.